The molecule has 0 atom stereocenters. The van der Waals surface area contributed by atoms with Crippen LogP contribution in [0.3, 0.4) is 0 Å². The first-order chi connectivity index (χ1) is 34.2. The van der Waals surface area contributed by atoms with E-state index in [9.17, 15) is 0 Å². The highest BCUT2D eigenvalue weighted by Gasteiger charge is 2.41. The Kier molecular flexibility index (Phi) is 9.88. The summed E-state index contributed by atoms with van der Waals surface area (Å²) in [7, 11) is -2.78. The summed E-state index contributed by atoms with van der Waals surface area (Å²) < 4.78 is 7.16. The van der Waals surface area contributed by atoms with E-state index in [0.717, 1.165) is 60.9 Å². The first kappa shape index (κ1) is 40.5. The van der Waals surface area contributed by atoms with E-state index in [1.54, 1.807) is 0 Å². The quantitative estimate of drug-likeness (QED) is 0.0815. The Morgan fingerprint density at radius 2 is 0.739 bits per heavy atom. The first-order valence-corrected chi connectivity index (χ1v) is 25.7. The van der Waals surface area contributed by atoms with Gasteiger partial charge < -0.3 is 9.32 Å². The van der Waals surface area contributed by atoms with E-state index in [2.05, 4.69) is 278 Å². The van der Waals surface area contributed by atoms with Gasteiger partial charge in [0.05, 0.1) is 11.1 Å². The second kappa shape index (κ2) is 16.8. The normalized spacial score (nSPS) is 11.8. The molecule has 0 aliphatic carbocycles. The topological polar surface area (TPSA) is 16.4 Å². The molecule has 0 fully saturated rings. The maximum Gasteiger partial charge on any atom is 0.179 e. The van der Waals surface area contributed by atoms with Crippen molar-refractivity contribution < 1.29 is 4.42 Å². The van der Waals surface area contributed by atoms with E-state index < -0.39 is 8.07 Å². The van der Waals surface area contributed by atoms with Crippen molar-refractivity contribution in [2.24, 2.45) is 0 Å². The van der Waals surface area contributed by atoms with Crippen molar-refractivity contribution in [3.63, 3.8) is 0 Å². The molecule has 0 bridgehead atoms. The second-order valence-corrected chi connectivity index (χ2v) is 21.7. The molecule has 0 saturated carbocycles. The molecule has 324 valence electrons. The molecular formula is C66H45NOSi. The van der Waals surface area contributed by atoms with Crippen LogP contribution in [0.4, 0.5) is 17.1 Å². The van der Waals surface area contributed by atoms with Crippen LogP contribution in [0, 0.1) is 0 Å². The Labute approximate surface area is 402 Å². The van der Waals surface area contributed by atoms with Crippen LogP contribution in [0.1, 0.15) is 0 Å². The molecule has 0 saturated heterocycles. The summed E-state index contributed by atoms with van der Waals surface area (Å²) in [5.41, 5.74) is 9.53. The lowest BCUT2D eigenvalue weighted by Gasteiger charge is -2.35. The van der Waals surface area contributed by atoms with Gasteiger partial charge in [-0.05, 0) is 101 Å². The molecule has 0 N–H and O–H groups in total. The Morgan fingerprint density at radius 3 is 1.35 bits per heavy atom. The van der Waals surface area contributed by atoms with Crippen LogP contribution in [0.2, 0.25) is 0 Å². The molecule has 3 heteroatoms. The van der Waals surface area contributed by atoms with E-state index in [0.29, 0.717) is 0 Å². The number of para-hydroxylation sites is 1. The molecule has 2 nitrogen and oxygen atoms in total. The molecule has 0 unspecified atom stereocenters. The Balaban J connectivity index is 1.06. The number of rotatable bonds is 9. The molecule has 13 rings (SSSR count). The van der Waals surface area contributed by atoms with E-state index in [-0.39, 0.29) is 0 Å². The van der Waals surface area contributed by atoms with Crippen molar-refractivity contribution in [3.8, 4) is 22.3 Å². The van der Waals surface area contributed by atoms with E-state index >= 15 is 0 Å². The van der Waals surface area contributed by atoms with Gasteiger partial charge in [-0.3, -0.25) is 0 Å². The molecule has 13 aromatic rings. The van der Waals surface area contributed by atoms with Crippen molar-refractivity contribution in [3.05, 3.63) is 273 Å². The zero-order chi connectivity index (χ0) is 45.7. The summed E-state index contributed by atoms with van der Waals surface area (Å²) in [6.45, 7) is 0. The van der Waals surface area contributed by atoms with Gasteiger partial charge in [-0.15, -0.1) is 0 Å². The van der Waals surface area contributed by atoms with Crippen molar-refractivity contribution in [2.75, 3.05) is 4.90 Å². The minimum atomic E-state index is -2.78. The number of fused-ring (bicyclic) bond motifs is 8. The number of anilines is 3. The standard InChI is InChI=1S/C66H45NOSi/c1-5-20-46(21-6-1)57-34-19-35-61-64-63(45-49-23-14-16-31-58(49)66(64)68-65(57)61)67(50-38-36-47(37-39-50)62-44-48-22-13-15-30-56(48)59-32-17-18-33-60(59)62)51-40-42-55(43-41-51)69(52-24-7-2-8-25-52,53-26-9-3-10-27-53)54-28-11-4-12-29-54/h1-45H. The van der Waals surface area contributed by atoms with Gasteiger partial charge in [-0.2, -0.15) is 0 Å². The Bertz CT molecular complexity index is 3880. The van der Waals surface area contributed by atoms with Gasteiger partial charge in [0.15, 0.2) is 8.07 Å². The van der Waals surface area contributed by atoms with Crippen molar-refractivity contribution in [2.45, 2.75) is 0 Å². The smallest absolute Gasteiger partial charge is 0.179 e. The average molecular weight is 896 g/mol. The molecule has 0 aliphatic heterocycles. The van der Waals surface area contributed by atoms with Crippen LogP contribution in [0.25, 0.3) is 76.5 Å². The number of nitrogens with zero attached hydrogens (tertiary/aromatic N) is 1. The van der Waals surface area contributed by atoms with Gasteiger partial charge in [-0.1, -0.05) is 237 Å². The number of furan rings is 1. The predicted molar refractivity (Wildman–Crippen MR) is 295 cm³/mol. The maximum atomic E-state index is 7.16. The molecule has 0 amide bonds. The zero-order valence-electron chi connectivity index (χ0n) is 37.8. The fraction of sp³-hybridized carbons (Fsp3) is 0. The number of hydrogen-bond acceptors (Lipinski definition) is 2. The van der Waals surface area contributed by atoms with Crippen LogP contribution in [0.15, 0.2) is 277 Å². The molecule has 1 heterocycles. The van der Waals surface area contributed by atoms with Crippen molar-refractivity contribution in [1.82, 2.24) is 0 Å². The third-order valence-corrected chi connectivity index (χ3v) is 19.0. The lowest BCUT2D eigenvalue weighted by Crippen LogP contribution is -2.74. The Morgan fingerprint density at radius 1 is 0.290 bits per heavy atom. The summed E-state index contributed by atoms with van der Waals surface area (Å²) in [5.74, 6) is 0. The highest BCUT2D eigenvalue weighted by atomic mass is 28.3. The Hall–Kier alpha value is -8.76. The van der Waals surface area contributed by atoms with Crippen LogP contribution >= 0.6 is 0 Å². The predicted octanol–water partition coefficient (Wildman–Crippen LogP) is 15.2. The highest BCUT2D eigenvalue weighted by molar-refractivity contribution is 7.19. The summed E-state index contributed by atoms with van der Waals surface area (Å²) in [5, 5.41) is 14.7. The largest absolute Gasteiger partial charge is 0.455 e. The molecular weight excluding hydrogens is 851 g/mol. The lowest BCUT2D eigenvalue weighted by atomic mass is 9.93. The highest BCUT2D eigenvalue weighted by Crippen LogP contribution is 2.48. The third-order valence-electron chi connectivity index (χ3n) is 14.2. The van der Waals surface area contributed by atoms with Gasteiger partial charge in [0.1, 0.15) is 11.2 Å². The molecule has 0 radical (unpaired) electrons. The number of hydrogen-bond donors (Lipinski definition) is 0. The minimum Gasteiger partial charge on any atom is -0.455 e. The summed E-state index contributed by atoms with van der Waals surface area (Å²) in [4.78, 5) is 2.45. The van der Waals surface area contributed by atoms with Gasteiger partial charge in [0, 0.05) is 27.7 Å². The SMILES string of the molecule is c1ccc(-c2cccc3c2oc2c4ccccc4cc(N(c4ccc(-c5cc6ccccc6c6ccccc56)cc4)c4ccc([Si](c5ccccc5)(c5ccccc5)c5ccccc5)cc4)c32)cc1. The zero-order valence-corrected chi connectivity index (χ0v) is 38.8. The second-order valence-electron chi connectivity index (χ2n) is 17.9. The fourth-order valence-corrected chi connectivity index (χ4v) is 15.8. The van der Waals surface area contributed by atoms with Crippen molar-refractivity contribution >= 4 is 100 Å². The maximum absolute atomic E-state index is 7.16. The molecule has 12 aromatic carbocycles. The van der Waals surface area contributed by atoms with Gasteiger partial charge in [0.25, 0.3) is 0 Å². The van der Waals surface area contributed by atoms with E-state index in [1.165, 1.54) is 53.4 Å². The summed E-state index contributed by atoms with van der Waals surface area (Å²) >= 11 is 0. The lowest BCUT2D eigenvalue weighted by molar-refractivity contribution is 0.674. The molecule has 1 aromatic heterocycles. The molecule has 0 spiro atoms. The molecule has 0 aliphatic rings. The van der Waals surface area contributed by atoms with Crippen LogP contribution < -0.4 is 25.6 Å². The molecule has 69 heavy (non-hydrogen) atoms. The van der Waals surface area contributed by atoms with Gasteiger partial charge in [0.2, 0.25) is 0 Å². The van der Waals surface area contributed by atoms with E-state index in [1.807, 2.05) is 0 Å². The van der Waals surface area contributed by atoms with Crippen LogP contribution in [0.5, 0.6) is 0 Å². The summed E-state index contributed by atoms with van der Waals surface area (Å²) in [6, 6.07) is 100. The van der Waals surface area contributed by atoms with Crippen molar-refractivity contribution in [1.29, 1.82) is 0 Å². The van der Waals surface area contributed by atoms with E-state index in [4.69, 9.17) is 4.42 Å². The monoisotopic (exact) mass is 895 g/mol. The van der Waals surface area contributed by atoms with Crippen LogP contribution in [-0.4, -0.2) is 8.07 Å². The fourth-order valence-electron chi connectivity index (χ4n) is 11.1. The minimum absolute atomic E-state index is 0.881. The average Bonchev–Trinajstić information content (AvgIpc) is 3.83. The van der Waals surface area contributed by atoms with Gasteiger partial charge in [-0.25, -0.2) is 0 Å². The van der Waals surface area contributed by atoms with Gasteiger partial charge >= 0.3 is 0 Å². The number of benzene rings is 12. The van der Waals surface area contributed by atoms with Crippen LogP contribution in [-0.2, 0) is 0 Å². The third kappa shape index (κ3) is 6.70. The summed E-state index contributed by atoms with van der Waals surface area (Å²) in [6.07, 6.45) is 0. The first-order valence-electron chi connectivity index (χ1n) is 23.7.